The number of nitrogens with one attached hydrogen (secondary N) is 1. The third-order valence-electron chi connectivity index (χ3n) is 4.98. The number of carbonyl (C=O) groups excluding carboxylic acids is 1. The first-order valence-electron chi connectivity index (χ1n) is 9.11. The van der Waals surface area contributed by atoms with E-state index in [9.17, 15) is 13.2 Å². The van der Waals surface area contributed by atoms with Crippen LogP contribution in [0, 0.1) is 5.92 Å². The van der Waals surface area contributed by atoms with Crippen molar-refractivity contribution >= 4 is 15.9 Å². The second-order valence-corrected chi connectivity index (χ2v) is 8.79. The number of rotatable bonds is 5. The molecule has 2 aliphatic rings. The molecule has 25 heavy (non-hydrogen) atoms. The fraction of sp³-hybridized carbons (Fsp3) is 0.526. The van der Waals surface area contributed by atoms with Gasteiger partial charge in [-0.25, -0.2) is 8.42 Å². The van der Waals surface area contributed by atoms with E-state index in [1.165, 1.54) is 10.4 Å². The van der Waals surface area contributed by atoms with Crippen LogP contribution in [0.4, 0.5) is 0 Å². The van der Waals surface area contributed by atoms with E-state index >= 15 is 0 Å². The number of nitrogens with zero attached hydrogens (tertiary/aromatic N) is 1. The van der Waals surface area contributed by atoms with Crippen molar-refractivity contribution in [3.8, 4) is 0 Å². The zero-order chi connectivity index (χ0) is 17.7. The summed E-state index contributed by atoms with van der Waals surface area (Å²) in [6.45, 7) is 1.76. The molecule has 0 aromatic heterocycles. The molecule has 0 saturated carbocycles. The quantitative estimate of drug-likeness (QED) is 0.819. The van der Waals surface area contributed by atoms with Gasteiger partial charge in [0.1, 0.15) is 0 Å². The average Bonchev–Trinajstić information content (AvgIpc) is 2.67. The second-order valence-electron chi connectivity index (χ2n) is 6.85. The van der Waals surface area contributed by atoms with Crippen LogP contribution in [-0.4, -0.2) is 38.3 Å². The van der Waals surface area contributed by atoms with Crippen LogP contribution in [0.15, 0.2) is 41.3 Å². The van der Waals surface area contributed by atoms with Crippen molar-refractivity contribution in [1.82, 2.24) is 9.62 Å². The van der Waals surface area contributed by atoms with Crippen LogP contribution in [0.2, 0.25) is 0 Å². The Bertz CT molecular complexity index is 737. The summed E-state index contributed by atoms with van der Waals surface area (Å²) in [5.74, 6) is 0.263. The molecule has 0 spiro atoms. The standard InChI is InChI=1S/C19H26N2O3S/c22-19(20-15-16-8-3-1-4-9-16)17-10-7-11-18(14-17)25(23,24)21-12-5-2-6-13-21/h1,3,7,10-11,14,16H,2,4-6,8-9,12-13,15H2,(H,20,22). The minimum atomic E-state index is -3.51. The summed E-state index contributed by atoms with van der Waals surface area (Å²) < 4.78 is 27.0. The minimum Gasteiger partial charge on any atom is -0.352 e. The number of carbonyl (C=O) groups is 1. The van der Waals surface area contributed by atoms with E-state index in [4.69, 9.17) is 0 Å². The fourth-order valence-electron chi connectivity index (χ4n) is 3.43. The monoisotopic (exact) mass is 362 g/mol. The number of allylic oxidation sites excluding steroid dienone is 2. The van der Waals surface area contributed by atoms with Gasteiger partial charge < -0.3 is 5.32 Å². The maximum atomic E-state index is 12.8. The largest absolute Gasteiger partial charge is 0.352 e. The molecule has 1 aliphatic heterocycles. The molecule has 136 valence electrons. The molecule has 1 aromatic rings. The highest BCUT2D eigenvalue weighted by molar-refractivity contribution is 7.89. The van der Waals surface area contributed by atoms with Crippen molar-refractivity contribution in [3.05, 3.63) is 42.0 Å². The molecule has 0 radical (unpaired) electrons. The molecule has 5 nitrogen and oxygen atoms in total. The van der Waals surface area contributed by atoms with Gasteiger partial charge in [-0.2, -0.15) is 4.31 Å². The van der Waals surface area contributed by atoms with Gasteiger partial charge in [-0.1, -0.05) is 24.6 Å². The normalized spacial score (nSPS) is 21.8. The van der Waals surface area contributed by atoms with Crippen molar-refractivity contribution in [2.75, 3.05) is 19.6 Å². The Kier molecular flexibility index (Phi) is 5.91. The van der Waals surface area contributed by atoms with Crippen LogP contribution >= 0.6 is 0 Å². The van der Waals surface area contributed by atoms with Gasteiger partial charge in [0.2, 0.25) is 10.0 Å². The van der Waals surface area contributed by atoms with Crippen LogP contribution in [0.5, 0.6) is 0 Å². The average molecular weight is 362 g/mol. The van der Waals surface area contributed by atoms with Gasteiger partial charge in [-0.3, -0.25) is 4.79 Å². The number of sulfonamides is 1. The third-order valence-corrected chi connectivity index (χ3v) is 6.87. The molecule has 1 amide bonds. The molecule has 3 rings (SSSR count). The van der Waals surface area contributed by atoms with E-state index in [1.807, 2.05) is 0 Å². The molecule has 1 N–H and O–H groups in total. The molecule has 0 bridgehead atoms. The zero-order valence-corrected chi connectivity index (χ0v) is 15.3. The van der Waals surface area contributed by atoms with Crippen LogP contribution in [-0.2, 0) is 10.0 Å². The van der Waals surface area contributed by atoms with Gasteiger partial charge in [0, 0.05) is 25.2 Å². The number of amides is 1. The second kappa shape index (κ2) is 8.15. The summed E-state index contributed by atoms with van der Waals surface area (Å²) in [6.07, 6.45) is 10.3. The Balaban J connectivity index is 1.67. The maximum Gasteiger partial charge on any atom is 0.251 e. The van der Waals surface area contributed by atoms with Crippen LogP contribution < -0.4 is 5.32 Å². The summed E-state index contributed by atoms with van der Waals surface area (Å²) in [4.78, 5) is 12.6. The van der Waals surface area contributed by atoms with Gasteiger partial charge >= 0.3 is 0 Å². The summed E-state index contributed by atoms with van der Waals surface area (Å²) in [5.41, 5.74) is 0.407. The Morgan fingerprint density at radius 1 is 1.16 bits per heavy atom. The van der Waals surface area contributed by atoms with Crippen molar-refractivity contribution in [2.45, 2.75) is 43.4 Å². The van der Waals surface area contributed by atoms with Crippen molar-refractivity contribution in [1.29, 1.82) is 0 Å². The Hall–Kier alpha value is -1.66. The Labute approximate surface area is 150 Å². The van der Waals surface area contributed by atoms with Gasteiger partial charge in [-0.15, -0.1) is 0 Å². The van der Waals surface area contributed by atoms with E-state index in [-0.39, 0.29) is 10.8 Å². The van der Waals surface area contributed by atoms with Gasteiger partial charge in [0.25, 0.3) is 5.91 Å². The van der Waals surface area contributed by atoms with Crippen LogP contribution in [0.3, 0.4) is 0 Å². The molecule has 1 unspecified atom stereocenters. The van der Waals surface area contributed by atoms with Crippen molar-refractivity contribution in [2.24, 2.45) is 5.92 Å². The molecule has 1 heterocycles. The van der Waals surface area contributed by atoms with Gasteiger partial charge in [0.15, 0.2) is 0 Å². The highest BCUT2D eigenvalue weighted by Crippen LogP contribution is 2.21. The number of piperidine rings is 1. The summed E-state index contributed by atoms with van der Waals surface area (Å²) in [5, 5.41) is 2.95. The van der Waals surface area contributed by atoms with Crippen molar-refractivity contribution in [3.63, 3.8) is 0 Å². The number of hydrogen-bond donors (Lipinski definition) is 1. The first kappa shape index (κ1) is 18.1. The Morgan fingerprint density at radius 3 is 2.68 bits per heavy atom. The molecular formula is C19H26N2O3S. The van der Waals surface area contributed by atoms with Crippen molar-refractivity contribution < 1.29 is 13.2 Å². The smallest absolute Gasteiger partial charge is 0.251 e. The lowest BCUT2D eigenvalue weighted by atomic mass is 9.94. The summed E-state index contributed by atoms with van der Waals surface area (Å²) in [7, 11) is -3.51. The maximum absolute atomic E-state index is 12.8. The predicted octanol–water partition coefficient (Wildman–Crippen LogP) is 2.95. The lowest BCUT2D eigenvalue weighted by Crippen LogP contribution is -2.35. The fourth-order valence-corrected chi connectivity index (χ4v) is 5.00. The minimum absolute atomic E-state index is 0.203. The predicted molar refractivity (Wildman–Crippen MR) is 97.9 cm³/mol. The molecule has 1 saturated heterocycles. The molecule has 6 heteroatoms. The lowest BCUT2D eigenvalue weighted by molar-refractivity contribution is 0.0946. The van der Waals surface area contributed by atoms with Crippen LogP contribution in [0.25, 0.3) is 0 Å². The zero-order valence-electron chi connectivity index (χ0n) is 14.5. The number of hydrogen-bond acceptors (Lipinski definition) is 3. The first-order chi connectivity index (χ1) is 12.1. The van der Waals surface area contributed by atoms with E-state index in [2.05, 4.69) is 17.5 Å². The third kappa shape index (κ3) is 4.50. The highest BCUT2D eigenvalue weighted by atomic mass is 32.2. The van der Waals surface area contributed by atoms with E-state index < -0.39 is 10.0 Å². The summed E-state index contributed by atoms with van der Waals surface area (Å²) >= 11 is 0. The lowest BCUT2D eigenvalue weighted by Gasteiger charge is -2.26. The number of benzene rings is 1. The van der Waals surface area contributed by atoms with E-state index in [0.717, 1.165) is 38.5 Å². The summed E-state index contributed by atoms with van der Waals surface area (Å²) in [6, 6.07) is 6.40. The highest BCUT2D eigenvalue weighted by Gasteiger charge is 2.26. The van der Waals surface area contributed by atoms with Gasteiger partial charge in [0.05, 0.1) is 4.90 Å². The molecule has 1 fully saturated rings. The topological polar surface area (TPSA) is 66.5 Å². The molecular weight excluding hydrogens is 336 g/mol. The first-order valence-corrected chi connectivity index (χ1v) is 10.5. The van der Waals surface area contributed by atoms with E-state index in [0.29, 0.717) is 31.1 Å². The van der Waals surface area contributed by atoms with Gasteiger partial charge in [-0.05, 0) is 56.2 Å². The van der Waals surface area contributed by atoms with Crippen LogP contribution in [0.1, 0.15) is 48.9 Å². The molecule has 1 aromatic carbocycles. The molecule has 1 atom stereocenters. The van der Waals surface area contributed by atoms with E-state index in [1.54, 1.807) is 18.2 Å². The molecule has 1 aliphatic carbocycles. The SMILES string of the molecule is O=C(NCC1CC=CCC1)c1cccc(S(=O)(=O)N2CCCCC2)c1. The Morgan fingerprint density at radius 2 is 1.96 bits per heavy atom.